The number of nitrogens with one attached hydrogen (secondary N) is 2. The predicted molar refractivity (Wildman–Crippen MR) is 145 cm³/mol. The number of unbranched alkanes of at least 4 members (excludes halogenated alkanes) is 2. The average Bonchev–Trinajstić information content (AvgIpc) is 2.86. The molecular weight excluding hydrogens is 484 g/mol. The first-order chi connectivity index (χ1) is 17.8. The van der Waals surface area contributed by atoms with Crippen LogP contribution in [0.25, 0.3) is 0 Å². The SMILES string of the molecule is CCCCCOc1cccc(C(=O)NCCc2ccc(S(=O)(=O)NC34CC5CC(CC(C5)C3)C4)cc2)c1. The highest BCUT2D eigenvalue weighted by Gasteiger charge is 2.52. The van der Waals surface area contributed by atoms with Crippen LogP contribution < -0.4 is 14.8 Å². The first-order valence-electron chi connectivity index (χ1n) is 14.0. The first kappa shape index (κ1) is 26.2. The monoisotopic (exact) mass is 524 g/mol. The molecule has 0 aromatic heterocycles. The Balaban J connectivity index is 1.11. The normalized spacial score (nSPS) is 26.2. The lowest BCUT2D eigenvalue weighted by Gasteiger charge is -2.56. The molecule has 4 bridgehead atoms. The predicted octanol–water partition coefficient (Wildman–Crippen LogP) is 5.48. The summed E-state index contributed by atoms with van der Waals surface area (Å²) in [7, 11) is -3.56. The van der Waals surface area contributed by atoms with Gasteiger partial charge in [-0.1, -0.05) is 38.0 Å². The van der Waals surface area contributed by atoms with Gasteiger partial charge in [-0.05, 0) is 105 Å². The molecule has 0 atom stereocenters. The van der Waals surface area contributed by atoms with Crippen LogP contribution in [0.4, 0.5) is 0 Å². The molecule has 2 aromatic carbocycles. The molecule has 4 aliphatic carbocycles. The van der Waals surface area contributed by atoms with Crippen LogP contribution in [0.15, 0.2) is 53.4 Å². The summed E-state index contributed by atoms with van der Waals surface area (Å²) in [5.41, 5.74) is 1.32. The third-order valence-corrected chi connectivity index (χ3v) is 10.0. The molecule has 0 spiro atoms. The standard InChI is InChI=1S/C30H40N2O4S/c1-2-3-4-14-36-27-7-5-6-26(18-27)29(33)31-13-12-22-8-10-28(11-9-22)37(34,35)32-30-19-23-15-24(20-30)17-25(16-23)21-30/h5-11,18,23-25,32H,2-4,12-17,19-21H2,1H3,(H,31,33). The summed E-state index contributed by atoms with van der Waals surface area (Å²) in [5.74, 6) is 2.63. The maximum atomic E-state index is 13.2. The van der Waals surface area contributed by atoms with Gasteiger partial charge in [0.1, 0.15) is 5.75 Å². The van der Waals surface area contributed by atoms with Crippen molar-refractivity contribution in [3.63, 3.8) is 0 Å². The molecule has 4 aliphatic rings. The fourth-order valence-electron chi connectivity index (χ4n) is 7.11. The third kappa shape index (κ3) is 6.37. The molecule has 0 saturated heterocycles. The summed E-state index contributed by atoms with van der Waals surface area (Å²) in [6.07, 6.45) is 10.7. The molecule has 1 amide bonds. The van der Waals surface area contributed by atoms with Gasteiger partial charge in [0.2, 0.25) is 10.0 Å². The zero-order valence-corrected chi connectivity index (χ0v) is 22.7. The van der Waals surface area contributed by atoms with Crippen LogP contribution in [0.1, 0.15) is 80.6 Å². The Morgan fingerprint density at radius 3 is 2.30 bits per heavy atom. The van der Waals surface area contributed by atoms with Crippen molar-refractivity contribution in [2.24, 2.45) is 17.8 Å². The molecule has 4 fully saturated rings. The summed E-state index contributed by atoms with van der Waals surface area (Å²) >= 11 is 0. The Kier molecular flexibility index (Phi) is 7.91. The van der Waals surface area contributed by atoms with Gasteiger partial charge in [-0.25, -0.2) is 13.1 Å². The zero-order valence-electron chi connectivity index (χ0n) is 21.9. The maximum absolute atomic E-state index is 13.2. The molecule has 37 heavy (non-hydrogen) atoms. The highest BCUT2D eigenvalue weighted by molar-refractivity contribution is 7.89. The van der Waals surface area contributed by atoms with E-state index in [1.54, 1.807) is 24.3 Å². The van der Waals surface area contributed by atoms with Gasteiger partial charge in [0.05, 0.1) is 11.5 Å². The van der Waals surface area contributed by atoms with Gasteiger partial charge in [-0.3, -0.25) is 4.79 Å². The molecule has 0 heterocycles. The van der Waals surface area contributed by atoms with E-state index in [4.69, 9.17) is 4.74 Å². The molecule has 6 rings (SSSR count). The topological polar surface area (TPSA) is 84.5 Å². The molecule has 7 heteroatoms. The number of rotatable bonds is 12. The highest BCUT2D eigenvalue weighted by atomic mass is 32.2. The summed E-state index contributed by atoms with van der Waals surface area (Å²) in [6, 6.07) is 14.4. The number of carbonyl (C=O) groups excluding carboxylic acids is 1. The minimum atomic E-state index is -3.56. The second kappa shape index (κ2) is 11.2. The van der Waals surface area contributed by atoms with E-state index in [9.17, 15) is 13.2 Å². The number of hydrogen-bond acceptors (Lipinski definition) is 4. The van der Waals surface area contributed by atoms with Crippen molar-refractivity contribution >= 4 is 15.9 Å². The van der Waals surface area contributed by atoms with E-state index in [0.717, 1.165) is 44.1 Å². The quantitative estimate of drug-likeness (QED) is 0.360. The smallest absolute Gasteiger partial charge is 0.251 e. The minimum Gasteiger partial charge on any atom is -0.494 e. The fraction of sp³-hybridized carbons (Fsp3) is 0.567. The number of amides is 1. The lowest BCUT2D eigenvalue weighted by atomic mass is 9.53. The summed E-state index contributed by atoms with van der Waals surface area (Å²) in [5, 5.41) is 2.96. The average molecular weight is 525 g/mol. The van der Waals surface area contributed by atoms with Crippen LogP contribution in [0.3, 0.4) is 0 Å². The zero-order chi connectivity index (χ0) is 25.9. The van der Waals surface area contributed by atoms with Crippen molar-refractivity contribution in [2.45, 2.75) is 81.6 Å². The lowest BCUT2D eigenvalue weighted by molar-refractivity contribution is -0.00810. The molecule has 2 N–H and O–H groups in total. The highest BCUT2D eigenvalue weighted by Crippen LogP contribution is 2.55. The Bertz CT molecular complexity index is 1160. The van der Waals surface area contributed by atoms with Crippen molar-refractivity contribution < 1.29 is 17.9 Å². The summed E-state index contributed by atoms with van der Waals surface area (Å²) < 4.78 is 35.4. The van der Waals surface area contributed by atoms with Gasteiger partial charge >= 0.3 is 0 Å². The molecule has 4 saturated carbocycles. The van der Waals surface area contributed by atoms with E-state index in [-0.39, 0.29) is 11.4 Å². The van der Waals surface area contributed by atoms with Crippen molar-refractivity contribution in [1.29, 1.82) is 0 Å². The second-order valence-electron chi connectivity index (χ2n) is 11.5. The van der Waals surface area contributed by atoms with Gasteiger partial charge < -0.3 is 10.1 Å². The Hall–Kier alpha value is -2.38. The number of hydrogen-bond donors (Lipinski definition) is 2. The Morgan fingerprint density at radius 1 is 0.973 bits per heavy atom. The van der Waals surface area contributed by atoms with Crippen molar-refractivity contribution in [2.75, 3.05) is 13.2 Å². The van der Waals surface area contributed by atoms with E-state index < -0.39 is 10.0 Å². The van der Waals surface area contributed by atoms with Crippen LogP contribution in [-0.4, -0.2) is 33.0 Å². The largest absolute Gasteiger partial charge is 0.494 e. The number of sulfonamides is 1. The minimum absolute atomic E-state index is 0.141. The van der Waals surface area contributed by atoms with Gasteiger partial charge in [-0.2, -0.15) is 0 Å². The number of carbonyl (C=O) groups is 1. The molecular formula is C30H40N2O4S. The van der Waals surface area contributed by atoms with Gasteiger partial charge in [0.15, 0.2) is 0 Å². The van der Waals surface area contributed by atoms with Crippen LogP contribution in [0, 0.1) is 17.8 Å². The van der Waals surface area contributed by atoms with Crippen molar-refractivity contribution in [1.82, 2.24) is 10.0 Å². The molecule has 6 nitrogen and oxygen atoms in total. The van der Waals surface area contributed by atoms with Crippen molar-refractivity contribution in [3.8, 4) is 5.75 Å². The van der Waals surface area contributed by atoms with Gasteiger partial charge in [0, 0.05) is 17.6 Å². The maximum Gasteiger partial charge on any atom is 0.251 e. The number of ether oxygens (including phenoxy) is 1. The molecule has 0 unspecified atom stereocenters. The third-order valence-electron chi connectivity index (χ3n) is 8.43. The van der Waals surface area contributed by atoms with Crippen LogP contribution >= 0.6 is 0 Å². The van der Waals surface area contributed by atoms with Crippen LogP contribution in [0.2, 0.25) is 0 Å². The second-order valence-corrected chi connectivity index (χ2v) is 13.2. The van der Waals surface area contributed by atoms with E-state index in [1.165, 1.54) is 19.3 Å². The van der Waals surface area contributed by atoms with Crippen molar-refractivity contribution in [3.05, 3.63) is 59.7 Å². The molecule has 2 aromatic rings. The van der Waals surface area contributed by atoms with Crippen LogP contribution in [0.5, 0.6) is 5.75 Å². The Labute approximate surface area is 221 Å². The van der Waals surface area contributed by atoms with E-state index in [0.29, 0.717) is 53.5 Å². The van der Waals surface area contributed by atoms with Crippen LogP contribution in [-0.2, 0) is 16.4 Å². The van der Waals surface area contributed by atoms with Gasteiger partial charge in [-0.15, -0.1) is 0 Å². The number of benzene rings is 2. The molecule has 0 aliphatic heterocycles. The van der Waals surface area contributed by atoms with E-state index in [1.807, 2.05) is 24.3 Å². The van der Waals surface area contributed by atoms with E-state index in [2.05, 4.69) is 17.0 Å². The fourth-order valence-corrected chi connectivity index (χ4v) is 8.54. The lowest BCUT2D eigenvalue weighted by Crippen LogP contribution is -2.59. The summed E-state index contributed by atoms with van der Waals surface area (Å²) in [4.78, 5) is 12.9. The molecule has 0 radical (unpaired) electrons. The Morgan fingerprint density at radius 2 is 1.65 bits per heavy atom. The van der Waals surface area contributed by atoms with E-state index >= 15 is 0 Å². The first-order valence-corrected chi connectivity index (χ1v) is 15.5. The molecule has 200 valence electrons. The van der Waals surface area contributed by atoms with Gasteiger partial charge in [0.25, 0.3) is 5.91 Å². The summed E-state index contributed by atoms with van der Waals surface area (Å²) in [6.45, 7) is 3.28.